The second-order valence-electron chi connectivity index (χ2n) is 6.52. The summed E-state index contributed by atoms with van der Waals surface area (Å²) in [4.78, 5) is 22.8. The molecule has 0 bridgehead atoms. The summed E-state index contributed by atoms with van der Waals surface area (Å²) in [7, 11) is 4.09. The van der Waals surface area contributed by atoms with Crippen molar-refractivity contribution in [1.29, 1.82) is 0 Å². The van der Waals surface area contributed by atoms with Crippen LogP contribution in [0.2, 0.25) is 0 Å². The lowest BCUT2D eigenvalue weighted by molar-refractivity contribution is -0.118. The molecule has 0 aliphatic carbocycles. The molecule has 144 valence electrons. The van der Waals surface area contributed by atoms with Crippen molar-refractivity contribution in [2.75, 3.05) is 38.7 Å². The number of anilines is 1. The minimum atomic E-state index is 0.0975. The number of hydrogen-bond acceptors (Lipinski definition) is 6. The number of amides is 1. The molecule has 5 nitrogen and oxygen atoms in total. The standard InChI is InChI=1S/C20H25N3O2S2/c1-4-25-15-8-9-17-18(13-15)27-20(21-17)23(11-6-10-22(2)3)19(24)14-16-7-5-12-26-16/h5,7-9,12-13H,4,6,10-11,14H2,1-3H3. The number of rotatable bonds is 9. The van der Waals surface area contributed by atoms with Crippen molar-refractivity contribution in [2.45, 2.75) is 19.8 Å². The number of ether oxygens (including phenoxy) is 1. The van der Waals surface area contributed by atoms with Gasteiger partial charge in [-0.3, -0.25) is 9.69 Å². The van der Waals surface area contributed by atoms with Crippen LogP contribution >= 0.6 is 22.7 Å². The molecule has 0 aliphatic heterocycles. The van der Waals surface area contributed by atoms with Crippen LogP contribution in [0.25, 0.3) is 10.2 Å². The van der Waals surface area contributed by atoms with Gasteiger partial charge in [0.25, 0.3) is 0 Å². The zero-order chi connectivity index (χ0) is 19.2. The Morgan fingerprint density at radius 3 is 2.78 bits per heavy atom. The second-order valence-corrected chi connectivity index (χ2v) is 8.56. The molecule has 3 aromatic rings. The molecule has 0 N–H and O–H groups in total. The maximum atomic E-state index is 13.0. The van der Waals surface area contributed by atoms with Gasteiger partial charge in [0.1, 0.15) is 5.75 Å². The van der Waals surface area contributed by atoms with E-state index in [9.17, 15) is 4.79 Å². The van der Waals surface area contributed by atoms with Gasteiger partial charge in [-0.05, 0) is 63.6 Å². The fourth-order valence-electron chi connectivity index (χ4n) is 2.79. The SMILES string of the molecule is CCOc1ccc2nc(N(CCCN(C)C)C(=O)Cc3cccs3)sc2c1. The first kappa shape index (κ1) is 19.8. The number of hydrogen-bond donors (Lipinski definition) is 0. The highest BCUT2D eigenvalue weighted by atomic mass is 32.1. The molecule has 7 heteroatoms. The number of thiazole rings is 1. The molecule has 0 fully saturated rings. The molecule has 0 radical (unpaired) electrons. The van der Waals surface area contributed by atoms with Crippen molar-refractivity contribution >= 4 is 43.9 Å². The molecule has 2 heterocycles. The number of carbonyl (C=O) groups excluding carboxylic acids is 1. The van der Waals surface area contributed by atoms with Crippen LogP contribution in [0.3, 0.4) is 0 Å². The highest BCUT2D eigenvalue weighted by Gasteiger charge is 2.20. The molecule has 1 amide bonds. The predicted molar refractivity (Wildman–Crippen MR) is 114 cm³/mol. The molecule has 0 saturated heterocycles. The Kier molecular flexibility index (Phi) is 6.82. The fraction of sp³-hybridized carbons (Fsp3) is 0.400. The average Bonchev–Trinajstić information content (AvgIpc) is 3.27. The molecule has 0 saturated carbocycles. The topological polar surface area (TPSA) is 45.7 Å². The Morgan fingerprint density at radius 1 is 1.22 bits per heavy atom. The number of benzene rings is 1. The Hall–Kier alpha value is -1.96. The van der Waals surface area contributed by atoms with Crippen molar-refractivity contribution in [3.63, 3.8) is 0 Å². The minimum absolute atomic E-state index is 0.0975. The molecule has 2 aromatic heterocycles. The van der Waals surface area contributed by atoms with E-state index in [0.717, 1.165) is 38.9 Å². The van der Waals surface area contributed by atoms with Gasteiger partial charge in [0.15, 0.2) is 5.13 Å². The summed E-state index contributed by atoms with van der Waals surface area (Å²) in [5, 5.41) is 2.77. The molecular formula is C20H25N3O2S2. The van der Waals surface area contributed by atoms with Crippen LogP contribution in [0, 0.1) is 0 Å². The zero-order valence-electron chi connectivity index (χ0n) is 16.0. The molecule has 0 atom stereocenters. The summed E-state index contributed by atoms with van der Waals surface area (Å²) in [5.41, 5.74) is 0.903. The van der Waals surface area contributed by atoms with Crippen molar-refractivity contribution in [2.24, 2.45) is 0 Å². The monoisotopic (exact) mass is 403 g/mol. The quantitative estimate of drug-likeness (QED) is 0.535. The van der Waals surface area contributed by atoms with Crippen molar-refractivity contribution in [1.82, 2.24) is 9.88 Å². The molecule has 27 heavy (non-hydrogen) atoms. The van der Waals surface area contributed by atoms with E-state index in [4.69, 9.17) is 9.72 Å². The summed E-state index contributed by atoms with van der Waals surface area (Å²) in [5.74, 6) is 0.935. The third-order valence-corrected chi connectivity index (χ3v) is 6.00. The molecule has 0 unspecified atom stereocenters. The highest BCUT2D eigenvalue weighted by Crippen LogP contribution is 2.32. The van der Waals surface area contributed by atoms with Gasteiger partial charge in [0, 0.05) is 11.4 Å². The summed E-state index contributed by atoms with van der Waals surface area (Å²) in [6, 6.07) is 9.88. The van der Waals surface area contributed by atoms with Crippen molar-refractivity contribution in [3.05, 3.63) is 40.6 Å². The number of aromatic nitrogens is 1. The fourth-order valence-corrected chi connectivity index (χ4v) is 4.53. The normalized spacial score (nSPS) is 11.3. The zero-order valence-corrected chi connectivity index (χ0v) is 17.6. The van der Waals surface area contributed by atoms with Gasteiger partial charge in [0.2, 0.25) is 5.91 Å². The van der Waals surface area contributed by atoms with Crippen molar-refractivity contribution < 1.29 is 9.53 Å². The summed E-state index contributed by atoms with van der Waals surface area (Å²) in [6.45, 7) is 4.20. The molecule has 0 aliphatic rings. The Balaban J connectivity index is 1.83. The van der Waals surface area contributed by atoms with Gasteiger partial charge in [-0.15, -0.1) is 11.3 Å². The van der Waals surface area contributed by atoms with Crippen LogP contribution in [0.4, 0.5) is 5.13 Å². The lowest BCUT2D eigenvalue weighted by atomic mass is 10.3. The Morgan fingerprint density at radius 2 is 2.07 bits per heavy atom. The molecule has 3 rings (SSSR count). The van der Waals surface area contributed by atoms with E-state index in [1.165, 1.54) is 0 Å². The molecule has 0 spiro atoms. The largest absolute Gasteiger partial charge is 0.494 e. The number of nitrogens with zero attached hydrogens (tertiary/aromatic N) is 3. The van der Waals surface area contributed by atoms with E-state index >= 15 is 0 Å². The number of thiophene rings is 1. The molecule has 1 aromatic carbocycles. The average molecular weight is 404 g/mol. The van der Waals surface area contributed by atoms with Crippen LogP contribution in [-0.4, -0.2) is 49.6 Å². The minimum Gasteiger partial charge on any atom is -0.494 e. The third kappa shape index (κ3) is 5.28. The third-order valence-electron chi connectivity index (χ3n) is 4.08. The number of fused-ring (bicyclic) bond motifs is 1. The van der Waals surface area contributed by atoms with E-state index in [-0.39, 0.29) is 5.91 Å². The Labute approximate surface area is 168 Å². The van der Waals surface area contributed by atoms with Gasteiger partial charge in [-0.2, -0.15) is 0 Å². The van der Waals surface area contributed by atoms with Gasteiger partial charge >= 0.3 is 0 Å². The summed E-state index contributed by atoms with van der Waals surface area (Å²) in [6.07, 6.45) is 1.32. The smallest absolute Gasteiger partial charge is 0.234 e. The Bertz CT molecular complexity index is 875. The highest BCUT2D eigenvalue weighted by molar-refractivity contribution is 7.22. The maximum absolute atomic E-state index is 13.0. The molecular weight excluding hydrogens is 378 g/mol. The van der Waals surface area contributed by atoms with Gasteiger partial charge < -0.3 is 9.64 Å². The van der Waals surface area contributed by atoms with Crippen LogP contribution in [-0.2, 0) is 11.2 Å². The van der Waals surface area contributed by atoms with Crippen LogP contribution in [0.1, 0.15) is 18.2 Å². The van der Waals surface area contributed by atoms with Crippen LogP contribution in [0.15, 0.2) is 35.7 Å². The van der Waals surface area contributed by atoms with Crippen molar-refractivity contribution in [3.8, 4) is 5.75 Å². The maximum Gasteiger partial charge on any atom is 0.234 e. The predicted octanol–water partition coefficient (Wildman–Crippen LogP) is 4.28. The first-order valence-corrected chi connectivity index (χ1v) is 10.8. The lowest BCUT2D eigenvalue weighted by Gasteiger charge is -2.20. The second kappa shape index (κ2) is 9.30. The lowest BCUT2D eigenvalue weighted by Crippen LogP contribution is -2.34. The van der Waals surface area contributed by atoms with Gasteiger partial charge in [-0.25, -0.2) is 4.98 Å². The van der Waals surface area contributed by atoms with E-state index < -0.39 is 0 Å². The van der Waals surface area contributed by atoms with E-state index in [1.807, 2.05) is 61.6 Å². The first-order chi connectivity index (χ1) is 13.1. The number of carbonyl (C=O) groups is 1. The van der Waals surface area contributed by atoms with E-state index in [0.29, 0.717) is 19.6 Å². The van der Waals surface area contributed by atoms with Gasteiger partial charge in [-0.1, -0.05) is 17.4 Å². The van der Waals surface area contributed by atoms with E-state index in [1.54, 1.807) is 22.7 Å². The van der Waals surface area contributed by atoms with Gasteiger partial charge in [0.05, 0.1) is 23.2 Å². The van der Waals surface area contributed by atoms with Crippen LogP contribution in [0.5, 0.6) is 5.75 Å². The first-order valence-electron chi connectivity index (χ1n) is 9.07. The van der Waals surface area contributed by atoms with E-state index in [2.05, 4.69) is 4.90 Å². The van der Waals surface area contributed by atoms with Crippen LogP contribution < -0.4 is 9.64 Å². The summed E-state index contributed by atoms with van der Waals surface area (Å²) >= 11 is 3.16. The summed E-state index contributed by atoms with van der Waals surface area (Å²) < 4.78 is 6.63.